The highest BCUT2D eigenvalue weighted by molar-refractivity contribution is 5.81. The van der Waals surface area contributed by atoms with Gasteiger partial charge in [-0.3, -0.25) is 0 Å². The molecule has 1 unspecified atom stereocenters. The lowest BCUT2D eigenvalue weighted by molar-refractivity contribution is -0.139. The van der Waals surface area contributed by atoms with Crippen molar-refractivity contribution >= 4 is 18.2 Å². The Hall–Kier alpha value is -3.99. The fourth-order valence-corrected chi connectivity index (χ4v) is 3.33. The second-order valence-corrected chi connectivity index (χ2v) is 6.52. The van der Waals surface area contributed by atoms with Gasteiger partial charge in [-0.25, -0.2) is 14.4 Å². The summed E-state index contributed by atoms with van der Waals surface area (Å²) in [5.41, 5.74) is 4.25. The Labute approximate surface area is 173 Å². The van der Waals surface area contributed by atoms with E-state index in [1.54, 1.807) is 0 Å². The van der Waals surface area contributed by atoms with Gasteiger partial charge in [-0.05, 0) is 22.3 Å². The molecule has 0 saturated carbocycles. The Morgan fingerprint density at radius 1 is 1.00 bits per heavy atom. The van der Waals surface area contributed by atoms with Crippen molar-refractivity contribution in [2.75, 3.05) is 19.8 Å². The van der Waals surface area contributed by atoms with Crippen LogP contribution >= 0.6 is 0 Å². The largest absolute Gasteiger partial charge is 0.480 e. The van der Waals surface area contributed by atoms with Gasteiger partial charge in [0.25, 0.3) is 0 Å². The van der Waals surface area contributed by atoms with Gasteiger partial charge in [0, 0.05) is 5.92 Å². The predicted molar refractivity (Wildman–Crippen MR) is 108 cm³/mol. The van der Waals surface area contributed by atoms with Crippen molar-refractivity contribution in [3.05, 3.63) is 59.7 Å². The average molecular weight is 408 g/mol. The summed E-state index contributed by atoms with van der Waals surface area (Å²) in [4.78, 5) is 34.9. The molecule has 2 aromatic rings. The molecule has 0 bridgehead atoms. The molecule has 1 atom stereocenters. The van der Waals surface area contributed by atoms with Gasteiger partial charge in [-0.15, -0.1) is 6.42 Å². The van der Waals surface area contributed by atoms with E-state index < -0.39 is 24.2 Å². The molecule has 0 fully saturated rings. The number of benzene rings is 2. The van der Waals surface area contributed by atoms with E-state index in [9.17, 15) is 19.5 Å². The minimum Gasteiger partial charge on any atom is -0.480 e. The van der Waals surface area contributed by atoms with Gasteiger partial charge in [0.1, 0.15) is 12.6 Å². The number of ether oxygens (including phenoxy) is 2. The third-order valence-corrected chi connectivity index (χ3v) is 4.67. The van der Waals surface area contributed by atoms with Crippen molar-refractivity contribution in [3.63, 3.8) is 0 Å². The van der Waals surface area contributed by atoms with Crippen molar-refractivity contribution in [2.45, 2.75) is 12.0 Å². The molecule has 0 aromatic heterocycles. The van der Waals surface area contributed by atoms with Crippen LogP contribution < -0.4 is 10.6 Å². The minimum absolute atomic E-state index is 0.0455. The van der Waals surface area contributed by atoms with Gasteiger partial charge >= 0.3 is 18.2 Å². The fraction of sp³-hybridized carbons (Fsp3) is 0.227. The molecule has 0 aliphatic heterocycles. The zero-order valence-corrected chi connectivity index (χ0v) is 16.0. The summed E-state index contributed by atoms with van der Waals surface area (Å²) in [7, 11) is 0. The Balaban J connectivity index is 1.59. The topological polar surface area (TPSA) is 114 Å². The summed E-state index contributed by atoms with van der Waals surface area (Å²) in [6.45, 7) is -0.587. The first kappa shape index (κ1) is 20.7. The van der Waals surface area contributed by atoms with Gasteiger partial charge in [0.15, 0.2) is 6.61 Å². The molecule has 0 heterocycles. The van der Waals surface area contributed by atoms with Crippen LogP contribution in [0.15, 0.2) is 48.5 Å². The normalized spacial score (nSPS) is 12.6. The fourth-order valence-electron chi connectivity index (χ4n) is 3.33. The number of nitrogens with one attached hydrogen (secondary N) is 2. The number of hydrogen-bond acceptors (Lipinski definition) is 5. The molecule has 1 aliphatic carbocycles. The molecular formula is C22H20N2O6. The SMILES string of the molecule is C#CCOC(=O)NCC(NC(=O)OCC1c2ccccc2-c2ccccc21)C(=O)O. The van der Waals surface area contributed by atoms with Crippen LogP contribution in [0.1, 0.15) is 17.0 Å². The molecule has 30 heavy (non-hydrogen) atoms. The van der Waals surface area contributed by atoms with E-state index in [-0.39, 0.29) is 25.7 Å². The molecule has 154 valence electrons. The lowest BCUT2D eigenvalue weighted by Gasteiger charge is -2.17. The molecule has 0 spiro atoms. The molecule has 3 N–H and O–H groups in total. The number of alkyl carbamates (subject to hydrolysis) is 2. The molecule has 0 radical (unpaired) electrons. The Morgan fingerprint density at radius 3 is 2.17 bits per heavy atom. The van der Waals surface area contributed by atoms with Crippen LogP contribution in [0.5, 0.6) is 0 Å². The van der Waals surface area contributed by atoms with Crippen LogP contribution in [0.2, 0.25) is 0 Å². The van der Waals surface area contributed by atoms with Crippen LogP contribution in [0.3, 0.4) is 0 Å². The lowest BCUT2D eigenvalue weighted by atomic mass is 9.98. The van der Waals surface area contributed by atoms with Gasteiger partial charge < -0.3 is 25.2 Å². The number of hydrogen-bond donors (Lipinski definition) is 3. The molecule has 2 amide bonds. The van der Waals surface area contributed by atoms with Gasteiger partial charge in [0.2, 0.25) is 0 Å². The smallest absolute Gasteiger partial charge is 0.408 e. The zero-order chi connectivity index (χ0) is 21.5. The average Bonchev–Trinajstić information content (AvgIpc) is 3.07. The number of rotatable bonds is 7. The van der Waals surface area contributed by atoms with Gasteiger partial charge in [-0.2, -0.15) is 0 Å². The summed E-state index contributed by atoms with van der Waals surface area (Å²) in [6.07, 6.45) is 3.19. The maximum atomic E-state index is 12.2. The van der Waals surface area contributed by atoms with Crippen molar-refractivity contribution in [2.24, 2.45) is 0 Å². The van der Waals surface area contributed by atoms with Crippen molar-refractivity contribution in [3.8, 4) is 23.5 Å². The highest BCUT2D eigenvalue weighted by atomic mass is 16.6. The highest BCUT2D eigenvalue weighted by Crippen LogP contribution is 2.44. The molecule has 8 nitrogen and oxygen atoms in total. The van der Waals surface area contributed by atoms with Crippen molar-refractivity contribution < 1.29 is 29.0 Å². The van der Waals surface area contributed by atoms with Crippen LogP contribution in [0, 0.1) is 12.3 Å². The van der Waals surface area contributed by atoms with E-state index in [4.69, 9.17) is 11.2 Å². The van der Waals surface area contributed by atoms with E-state index in [0.717, 1.165) is 22.3 Å². The zero-order valence-electron chi connectivity index (χ0n) is 16.0. The predicted octanol–water partition coefficient (Wildman–Crippen LogP) is 2.34. The standard InChI is InChI=1S/C22H20N2O6/c1-2-11-29-21(27)23-12-19(20(25)26)24-22(28)30-13-18-16-9-5-3-7-14(16)15-8-4-6-10-17(15)18/h1,3-10,18-19H,11-13H2,(H,23,27)(H,24,28)(H,25,26). The third-order valence-electron chi connectivity index (χ3n) is 4.67. The molecular weight excluding hydrogens is 388 g/mol. The molecule has 3 rings (SSSR count). The number of amides is 2. The first-order chi connectivity index (χ1) is 14.5. The van der Waals surface area contributed by atoms with E-state index in [1.807, 2.05) is 48.5 Å². The van der Waals surface area contributed by atoms with Crippen molar-refractivity contribution in [1.82, 2.24) is 10.6 Å². The second-order valence-electron chi connectivity index (χ2n) is 6.52. The number of aliphatic carboxylic acids is 1. The maximum Gasteiger partial charge on any atom is 0.408 e. The third kappa shape index (κ3) is 4.70. The number of fused-ring (bicyclic) bond motifs is 3. The first-order valence-electron chi connectivity index (χ1n) is 9.19. The van der Waals surface area contributed by atoms with Crippen LogP contribution in [-0.4, -0.2) is 49.1 Å². The van der Waals surface area contributed by atoms with E-state index >= 15 is 0 Å². The van der Waals surface area contributed by atoms with Crippen LogP contribution in [0.4, 0.5) is 9.59 Å². The lowest BCUT2D eigenvalue weighted by Crippen LogP contribution is -2.48. The Kier molecular flexibility index (Phi) is 6.55. The summed E-state index contributed by atoms with van der Waals surface area (Å²) in [5, 5.41) is 13.7. The summed E-state index contributed by atoms with van der Waals surface area (Å²) < 4.78 is 9.89. The summed E-state index contributed by atoms with van der Waals surface area (Å²) in [6, 6.07) is 14.3. The maximum absolute atomic E-state index is 12.2. The number of terminal acetylenes is 1. The summed E-state index contributed by atoms with van der Waals surface area (Å²) in [5.74, 6) is 0.627. The van der Waals surface area contributed by atoms with Gasteiger partial charge in [0.05, 0.1) is 6.54 Å². The Morgan fingerprint density at radius 2 is 1.60 bits per heavy atom. The second kappa shape index (κ2) is 9.47. The number of carbonyl (C=O) groups is 3. The Bertz CT molecular complexity index is 952. The van der Waals surface area contributed by atoms with E-state index in [2.05, 4.69) is 21.3 Å². The van der Waals surface area contributed by atoms with E-state index in [0.29, 0.717) is 0 Å². The van der Waals surface area contributed by atoms with Crippen LogP contribution in [0.25, 0.3) is 11.1 Å². The number of carboxylic acids is 1. The van der Waals surface area contributed by atoms with E-state index in [1.165, 1.54) is 0 Å². The number of carboxylic acid groups (broad SMARTS) is 1. The molecule has 1 aliphatic rings. The van der Waals surface area contributed by atoms with Crippen LogP contribution in [-0.2, 0) is 14.3 Å². The van der Waals surface area contributed by atoms with Crippen molar-refractivity contribution in [1.29, 1.82) is 0 Å². The molecule has 0 saturated heterocycles. The quantitative estimate of drug-likeness (QED) is 0.606. The monoisotopic (exact) mass is 408 g/mol. The summed E-state index contributed by atoms with van der Waals surface area (Å²) >= 11 is 0. The highest BCUT2D eigenvalue weighted by Gasteiger charge is 2.29. The van der Waals surface area contributed by atoms with Gasteiger partial charge in [-0.1, -0.05) is 54.5 Å². The minimum atomic E-state index is -1.39. The first-order valence-corrected chi connectivity index (χ1v) is 9.19. The molecule has 8 heteroatoms. The molecule has 2 aromatic carbocycles. The number of carbonyl (C=O) groups excluding carboxylic acids is 2.